The fraction of sp³-hybridized carbons (Fsp3) is 0.533. The molecule has 2 rings (SSSR count). The van der Waals surface area contributed by atoms with Gasteiger partial charge in [-0.05, 0) is 54.5 Å². The fourth-order valence-electron chi connectivity index (χ4n) is 4.11. The third-order valence-electron chi connectivity index (χ3n) is 6.41. The summed E-state index contributed by atoms with van der Waals surface area (Å²) in [6.45, 7) is 10.0. The molecule has 0 aliphatic carbocycles. The van der Waals surface area contributed by atoms with Crippen molar-refractivity contribution in [2.75, 3.05) is 25.0 Å². The third kappa shape index (κ3) is 10.4. The van der Waals surface area contributed by atoms with Crippen LogP contribution in [0.4, 0.5) is 10.5 Å². The average molecular weight is 497 g/mol. The number of carboxylic acids is 1. The molecule has 6 heteroatoms. The predicted octanol–water partition coefficient (Wildman–Crippen LogP) is 6.89. The van der Waals surface area contributed by atoms with Crippen molar-refractivity contribution in [2.45, 2.75) is 84.7 Å². The second kappa shape index (κ2) is 16.0. The predicted molar refractivity (Wildman–Crippen MR) is 147 cm³/mol. The lowest BCUT2D eigenvalue weighted by Gasteiger charge is -2.23. The van der Waals surface area contributed by atoms with E-state index < -0.39 is 12.1 Å². The highest BCUT2D eigenvalue weighted by Gasteiger charge is 2.18. The zero-order valence-electron chi connectivity index (χ0n) is 22.5. The molecule has 0 saturated heterocycles. The standard InChI is InChI=1S/C30H44N2O4/c1-5-7-8-9-10-20-32(30(35)31-27-17-15-26(16-18-27)23(3)4)21-19-24-11-13-25(14-12-24)22-28(29(33)34)36-6-2/h11-18,23,28H,5-10,19-22H2,1-4H3,(H,31,35)(H,33,34)/t28-/m0/s1. The van der Waals surface area contributed by atoms with E-state index in [-0.39, 0.29) is 6.03 Å². The summed E-state index contributed by atoms with van der Waals surface area (Å²) in [5.74, 6) is -0.490. The van der Waals surface area contributed by atoms with E-state index in [1.807, 2.05) is 41.3 Å². The van der Waals surface area contributed by atoms with E-state index >= 15 is 0 Å². The number of aliphatic carboxylic acids is 1. The molecule has 0 spiro atoms. The van der Waals surface area contributed by atoms with Gasteiger partial charge in [-0.25, -0.2) is 9.59 Å². The minimum absolute atomic E-state index is 0.0691. The zero-order valence-corrected chi connectivity index (χ0v) is 22.5. The number of unbranched alkanes of at least 4 members (excludes halogenated alkanes) is 4. The maximum Gasteiger partial charge on any atom is 0.333 e. The second-order valence-corrected chi connectivity index (χ2v) is 9.66. The Bertz CT molecular complexity index is 910. The number of anilines is 1. The van der Waals surface area contributed by atoms with Crippen molar-refractivity contribution in [3.63, 3.8) is 0 Å². The summed E-state index contributed by atoms with van der Waals surface area (Å²) in [7, 11) is 0. The Morgan fingerprint density at radius 1 is 0.889 bits per heavy atom. The molecule has 0 aliphatic rings. The van der Waals surface area contributed by atoms with Crippen molar-refractivity contribution < 1.29 is 19.4 Å². The van der Waals surface area contributed by atoms with Crippen LogP contribution >= 0.6 is 0 Å². The SMILES string of the molecule is CCCCCCCN(CCc1ccc(C[C@H](OCC)C(=O)O)cc1)C(=O)Nc1ccc(C(C)C)cc1. The number of carboxylic acid groups (broad SMARTS) is 1. The Hall–Kier alpha value is -2.86. The smallest absolute Gasteiger partial charge is 0.333 e. The molecule has 0 heterocycles. The lowest BCUT2D eigenvalue weighted by molar-refractivity contribution is -0.149. The van der Waals surface area contributed by atoms with Crippen LogP contribution in [0.5, 0.6) is 0 Å². The minimum atomic E-state index is -0.944. The van der Waals surface area contributed by atoms with Gasteiger partial charge in [-0.2, -0.15) is 0 Å². The van der Waals surface area contributed by atoms with Gasteiger partial charge in [0.05, 0.1) is 0 Å². The molecule has 2 aromatic rings. The molecule has 36 heavy (non-hydrogen) atoms. The Morgan fingerprint density at radius 3 is 2.11 bits per heavy atom. The molecular formula is C30H44N2O4. The van der Waals surface area contributed by atoms with Crippen LogP contribution in [0.3, 0.4) is 0 Å². The van der Waals surface area contributed by atoms with Crippen molar-refractivity contribution in [1.29, 1.82) is 0 Å². The number of ether oxygens (including phenoxy) is 1. The molecular weight excluding hydrogens is 452 g/mol. The first-order valence-electron chi connectivity index (χ1n) is 13.4. The van der Waals surface area contributed by atoms with Gasteiger partial charge in [0.1, 0.15) is 0 Å². The number of hydrogen-bond donors (Lipinski definition) is 2. The summed E-state index contributed by atoms with van der Waals surface area (Å²) >= 11 is 0. The molecule has 0 aromatic heterocycles. The molecule has 0 fully saturated rings. The second-order valence-electron chi connectivity index (χ2n) is 9.66. The Kier molecular flexibility index (Phi) is 13.1. The number of carbonyl (C=O) groups is 2. The maximum atomic E-state index is 13.1. The van der Waals surface area contributed by atoms with Crippen molar-refractivity contribution in [1.82, 2.24) is 4.90 Å². The monoisotopic (exact) mass is 496 g/mol. The van der Waals surface area contributed by atoms with E-state index in [0.717, 1.165) is 42.6 Å². The van der Waals surface area contributed by atoms with Crippen molar-refractivity contribution in [3.05, 3.63) is 65.2 Å². The van der Waals surface area contributed by atoms with E-state index in [9.17, 15) is 14.7 Å². The van der Waals surface area contributed by atoms with Gasteiger partial charge >= 0.3 is 12.0 Å². The number of benzene rings is 2. The Labute approximate surface area is 217 Å². The number of urea groups is 1. The fourth-order valence-corrected chi connectivity index (χ4v) is 4.11. The lowest BCUT2D eigenvalue weighted by Crippen LogP contribution is -2.37. The van der Waals surface area contributed by atoms with E-state index in [2.05, 4.69) is 38.2 Å². The van der Waals surface area contributed by atoms with E-state index in [1.54, 1.807) is 6.92 Å². The van der Waals surface area contributed by atoms with Crippen molar-refractivity contribution in [3.8, 4) is 0 Å². The Morgan fingerprint density at radius 2 is 1.53 bits per heavy atom. The highest BCUT2D eigenvalue weighted by molar-refractivity contribution is 5.89. The first-order chi connectivity index (χ1) is 17.3. The number of nitrogens with zero attached hydrogens (tertiary/aromatic N) is 1. The maximum absolute atomic E-state index is 13.1. The highest BCUT2D eigenvalue weighted by atomic mass is 16.5. The molecule has 198 valence electrons. The number of amides is 2. The average Bonchev–Trinajstić information content (AvgIpc) is 2.86. The molecule has 1 atom stereocenters. The summed E-state index contributed by atoms with van der Waals surface area (Å²) in [4.78, 5) is 26.4. The summed E-state index contributed by atoms with van der Waals surface area (Å²) in [5.41, 5.74) is 4.11. The molecule has 2 aromatic carbocycles. The first kappa shape index (κ1) is 29.4. The molecule has 0 aliphatic heterocycles. The van der Waals surface area contributed by atoms with Crippen LogP contribution in [0.15, 0.2) is 48.5 Å². The topological polar surface area (TPSA) is 78.9 Å². The molecule has 2 N–H and O–H groups in total. The van der Waals surface area contributed by atoms with Gasteiger partial charge in [0.25, 0.3) is 0 Å². The first-order valence-corrected chi connectivity index (χ1v) is 13.4. The lowest BCUT2D eigenvalue weighted by atomic mass is 10.0. The molecule has 0 saturated carbocycles. The van der Waals surface area contributed by atoms with Crippen molar-refractivity contribution in [2.24, 2.45) is 0 Å². The number of hydrogen-bond acceptors (Lipinski definition) is 3. The third-order valence-corrected chi connectivity index (χ3v) is 6.41. The zero-order chi connectivity index (χ0) is 26.3. The molecule has 0 radical (unpaired) electrons. The summed E-state index contributed by atoms with van der Waals surface area (Å²) in [5, 5.41) is 12.4. The van der Waals surface area contributed by atoms with E-state index in [4.69, 9.17) is 4.74 Å². The number of nitrogens with one attached hydrogen (secondary N) is 1. The van der Waals surface area contributed by atoms with Crippen LogP contribution in [0.25, 0.3) is 0 Å². The quantitative estimate of drug-likeness (QED) is 0.248. The molecule has 2 amide bonds. The van der Waals surface area contributed by atoms with Gasteiger partial charge in [-0.1, -0.05) is 82.9 Å². The Balaban J connectivity index is 1.98. The van der Waals surface area contributed by atoms with Gasteiger partial charge in [-0.15, -0.1) is 0 Å². The van der Waals surface area contributed by atoms with Gasteiger partial charge in [0.15, 0.2) is 6.10 Å². The van der Waals surface area contributed by atoms with Crippen LogP contribution in [0.2, 0.25) is 0 Å². The molecule has 0 unspecified atom stereocenters. The molecule has 6 nitrogen and oxygen atoms in total. The van der Waals surface area contributed by atoms with Gasteiger partial charge in [0, 0.05) is 31.8 Å². The van der Waals surface area contributed by atoms with Gasteiger partial charge in [-0.3, -0.25) is 0 Å². The van der Waals surface area contributed by atoms with E-state index in [0.29, 0.717) is 25.5 Å². The molecule has 0 bridgehead atoms. The normalized spacial score (nSPS) is 11.9. The summed E-state index contributed by atoms with van der Waals surface area (Å²) in [6, 6.07) is 15.9. The van der Waals surface area contributed by atoms with E-state index in [1.165, 1.54) is 24.8 Å². The van der Waals surface area contributed by atoms with Crippen LogP contribution in [-0.4, -0.2) is 47.8 Å². The summed E-state index contributed by atoms with van der Waals surface area (Å²) in [6.07, 6.45) is 5.99. The van der Waals surface area contributed by atoms with Crippen LogP contribution in [0.1, 0.15) is 82.4 Å². The van der Waals surface area contributed by atoms with Gasteiger partial charge < -0.3 is 20.1 Å². The largest absolute Gasteiger partial charge is 0.479 e. The highest BCUT2D eigenvalue weighted by Crippen LogP contribution is 2.18. The minimum Gasteiger partial charge on any atom is -0.479 e. The van der Waals surface area contributed by atoms with Crippen LogP contribution < -0.4 is 5.32 Å². The van der Waals surface area contributed by atoms with Gasteiger partial charge in [0.2, 0.25) is 0 Å². The number of rotatable bonds is 16. The summed E-state index contributed by atoms with van der Waals surface area (Å²) < 4.78 is 5.32. The van der Waals surface area contributed by atoms with Crippen molar-refractivity contribution >= 4 is 17.7 Å². The number of carbonyl (C=O) groups excluding carboxylic acids is 1. The van der Waals surface area contributed by atoms with Crippen LogP contribution in [0, 0.1) is 0 Å². The van der Waals surface area contributed by atoms with Crippen LogP contribution in [-0.2, 0) is 22.4 Å².